The van der Waals surface area contributed by atoms with E-state index in [2.05, 4.69) is 5.32 Å². The van der Waals surface area contributed by atoms with Crippen molar-refractivity contribution in [1.29, 1.82) is 0 Å². The van der Waals surface area contributed by atoms with E-state index in [0.29, 0.717) is 6.42 Å². The van der Waals surface area contributed by atoms with Crippen LogP contribution in [0.5, 0.6) is 0 Å². The van der Waals surface area contributed by atoms with E-state index < -0.39 is 24.2 Å². The van der Waals surface area contributed by atoms with Crippen molar-refractivity contribution in [3.63, 3.8) is 0 Å². The van der Waals surface area contributed by atoms with E-state index in [4.69, 9.17) is 15.7 Å². The first-order chi connectivity index (χ1) is 7.49. The number of amides is 1. The van der Waals surface area contributed by atoms with Gasteiger partial charge < -0.3 is 9.84 Å². The van der Waals surface area contributed by atoms with Gasteiger partial charge in [0.05, 0.1) is 12.5 Å². The Balaban J connectivity index is 3.87. The number of carbonyl (C=O) groups is 2. The third-order valence-electron chi connectivity index (χ3n) is 1.87. The standard InChI is InChI=1S/C9H19N3O4/c1-6(13)5-8(11-2)16-9(15)4-3-7(14)12-10/h6,8,11,13H,3-5,10H2,1-2H3,(H,12,14). The molecule has 0 aromatic heterocycles. The van der Waals surface area contributed by atoms with Crippen LogP contribution in [0, 0.1) is 0 Å². The van der Waals surface area contributed by atoms with Crippen molar-refractivity contribution in [2.75, 3.05) is 7.05 Å². The molecule has 0 fully saturated rings. The van der Waals surface area contributed by atoms with Gasteiger partial charge in [-0.2, -0.15) is 0 Å². The van der Waals surface area contributed by atoms with E-state index >= 15 is 0 Å². The highest BCUT2D eigenvalue weighted by atomic mass is 16.6. The van der Waals surface area contributed by atoms with Gasteiger partial charge in [0.1, 0.15) is 0 Å². The number of hydrazine groups is 1. The molecule has 0 heterocycles. The Morgan fingerprint density at radius 2 is 2.06 bits per heavy atom. The molecule has 16 heavy (non-hydrogen) atoms. The van der Waals surface area contributed by atoms with Crippen LogP contribution in [-0.4, -0.2) is 36.4 Å². The van der Waals surface area contributed by atoms with Gasteiger partial charge in [-0.25, -0.2) is 5.84 Å². The topological polar surface area (TPSA) is 114 Å². The molecule has 0 radical (unpaired) electrons. The lowest BCUT2D eigenvalue weighted by atomic mass is 10.2. The maximum atomic E-state index is 11.2. The monoisotopic (exact) mass is 233 g/mol. The molecule has 1 amide bonds. The molecule has 0 rings (SSSR count). The van der Waals surface area contributed by atoms with Gasteiger partial charge in [-0.15, -0.1) is 0 Å². The van der Waals surface area contributed by atoms with E-state index in [1.54, 1.807) is 14.0 Å². The molecular weight excluding hydrogens is 214 g/mol. The third-order valence-corrected chi connectivity index (χ3v) is 1.87. The smallest absolute Gasteiger partial charge is 0.307 e. The molecule has 0 aliphatic heterocycles. The number of hydrogen-bond donors (Lipinski definition) is 4. The minimum absolute atomic E-state index is 0.0134. The van der Waals surface area contributed by atoms with Crippen LogP contribution in [0.15, 0.2) is 0 Å². The van der Waals surface area contributed by atoms with E-state index in [1.807, 2.05) is 5.43 Å². The minimum atomic E-state index is -0.572. The molecule has 0 bridgehead atoms. The molecule has 0 aliphatic rings. The molecule has 7 heteroatoms. The molecule has 2 unspecified atom stereocenters. The maximum absolute atomic E-state index is 11.2. The van der Waals surface area contributed by atoms with Crippen LogP contribution < -0.4 is 16.6 Å². The Hall–Kier alpha value is -1.18. The zero-order valence-corrected chi connectivity index (χ0v) is 9.53. The first kappa shape index (κ1) is 14.8. The first-order valence-electron chi connectivity index (χ1n) is 5.03. The average Bonchev–Trinajstić information content (AvgIpc) is 2.24. The summed E-state index contributed by atoms with van der Waals surface area (Å²) in [6.07, 6.45) is -0.877. The highest BCUT2D eigenvalue weighted by Gasteiger charge is 2.15. The highest BCUT2D eigenvalue weighted by molar-refractivity contribution is 5.80. The van der Waals surface area contributed by atoms with Crippen LogP contribution in [0.3, 0.4) is 0 Å². The van der Waals surface area contributed by atoms with Crippen LogP contribution in [0.2, 0.25) is 0 Å². The van der Waals surface area contributed by atoms with Crippen molar-refractivity contribution in [1.82, 2.24) is 10.7 Å². The second-order valence-corrected chi connectivity index (χ2v) is 3.42. The fraction of sp³-hybridized carbons (Fsp3) is 0.778. The van der Waals surface area contributed by atoms with Gasteiger partial charge in [0.2, 0.25) is 5.91 Å². The maximum Gasteiger partial charge on any atom is 0.307 e. The van der Waals surface area contributed by atoms with E-state index in [9.17, 15) is 9.59 Å². The quantitative estimate of drug-likeness (QED) is 0.142. The SMILES string of the molecule is CNC(CC(C)O)OC(=O)CCC(=O)NN. The molecule has 0 saturated heterocycles. The normalized spacial score (nSPS) is 14.0. The summed E-state index contributed by atoms with van der Waals surface area (Å²) in [5.41, 5.74) is 1.92. The fourth-order valence-electron chi connectivity index (χ4n) is 1.04. The van der Waals surface area contributed by atoms with Crippen molar-refractivity contribution < 1.29 is 19.4 Å². The summed E-state index contributed by atoms with van der Waals surface area (Å²) in [5.74, 6) is 3.92. The van der Waals surface area contributed by atoms with Crippen molar-refractivity contribution in [2.24, 2.45) is 5.84 Å². The van der Waals surface area contributed by atoms with Crippen molar-refractivity contribution in [3.05, 3.63) is 0 Å². The van der Waals surface area contributed by atoms with E-state index in [0.717, 1.165) is 0 Å². The first-order valence-corrected chi connectivity index (χ1v) is 5.03. The summed E-state index contributed by atoms with van der Waals surface area (Å²) in [7, 11) is 1.62. The van der Waals surface area contributed by atoms with Crippen molar-refractivity contribution in [2.45, 2.75) is 38.5 Å². The van der Waals surface area contributed by atoms with Crippen molar-refractivity contribution >= 4 is 11.9 Å². The van der Waals surface area contributed by atoms with Gasteiger partial charge in [0.15, 0.2) is 6.23 Å². The molecule has 5 N–H and O–H groups in total. The van der Waals surface area contributed by atoms with E-state index in [-0.39, 0.29) is 12.8 Å². The summed E-state index contributed by atoms with van der Waals surface area (Å²) in [6.45, 7) is 1.60. The van der Waals surface area contributed by atoms with E-state index in [1.165, 1.54) is 0 Å². The molecule has 0 aliphatic carbocycles. The lowest BCUT2D eigenvalue weighted by molar-refractivity contribution is -0.152. The summed E-state index contributed by atoms with van der Waals surface area (Å²) >= 11 is 0. The van der Waals surface area contributed by atoms with Crippen LogP contribution in [0.25, 0.3) is 0 Å². The van der Waals surface area contributed by atoms with Crippen LogP contribution in [0.4, 0.5) is 0 Å². The summed E-state index contributed by atoms with van der Waals surface area (Å²) in [6, 6.07) is 0. The van der Waals surface area contributed by atoms with Crippen molar-refractivity contribution in [3.8, 4) is 0 Å². The molecule has 0 aromatic carbocycles. The molecule has 0 aromatic rings. The number of hydrogen-bond acceptors (Lipinski definition) is 6. The molecule has 2 atom stereocenters. The predicted molar refractivity (Wildman–Crippen MR) is 56.8 cm³/mol. The Morgan fingerprint density at radius 1 is 1.44 bits per heavy atom. The number of aliphatic hydroxyl groups is 1. The predicted octanol–water partition coefficient (Wildman–Crippen LogP) is -1.38. The van der Waals surface area contributed by atoms with Gasteiger partial charge in [-0.05, 0) is 14.0 Å². The molecule has 94 valence electrons. The third kappa shape index (κ3) is 7.16. The van der Waals surface area contributed by atoms with Gasteiger partial charge in [0.25, 0.3) is 0 Å². The summed E-state index contributed by atoms with van der Waals surface area (Å²) in [5, 5.41) is 11.8. The van der Waals surface area contributed by atoms with Crippen LogP contribution in [0.1, 0.15) is 26.2 Å². The van der Waals surface area contributed by atoms with Crippen LogP contribution in [-0.2, 0) is 14.3 Å². The number of nitrogens with one attached hydrogen (secondary N) is 2. The molecule has 0 saturated carbocycles. The number of rotatable bonds is 7. The van der Waals surface area contributed by atoms with Crippen LogP contribution >= 0.6 is 0 Å². The Labute approximate surface area is 94.3 Å². The number of esters is 1. The Bertz CT molecular complexity index is 233. The molecular formula is C9H19N3O4. The number of nitrogens with two attached hydrogens (primary N) is 1. The highest BCUT2D eigenvalue weighted by Crippen LogP contribution is 2.02. The minimum Gasteiger partial charge on any atom is -0.446 e. The molecule has 7 nitrogen and oxygen atoms in total. The zero-order chi connectivity index (χ0) is 12.6. The molecule has 0 spiro atoms. The average molecular weight is 233 g/mol. The summed E-state index contributed by atoms with van der Waals surface area (Å²) < 4.78 is 4.97. The number of aliphatic hydroxyl groups excluding tert-OH is 1. The Morgan fingerprint density at radius 3 is 2.50 bits per heavy atom. The second-order valence-electron chi connectivity index (χ2n) is 3.42. The fourth-order valence-corrected chi connectivity index (χ4v) is 1.04. The second kappa shape index (κ2) is 8.03. The lowest BCUT2D eigenvalue weighted by Gasteiger charge is -2.18. The lowest BCUT2D eigenvalue weighted by Crippen LogP contribution is -2.34. The van der Waals surface area contributed by atoms with Gasteiger partial charge in [-0.1, -0.05) is 0 Å². The number of carbonyl (C=O) groups excluding carboxylic acids is 2. The summed E-state index contributed by atoms with van der Waals surface area (Å²) in [4.78, 5) is 22.0. The number of ether oxygens (including phenoxy) is 1. The van der Waals surface area contributed by atoms with Gasteiger partial charge in [-0.3, -0.25) is 20.3 Å². The largest absolute Gasteiger partial charge is 0.446 e. The zero-order valence-electron chi connectivity index (χ0n) is 9.53. The van der Waals surface area contributed by atoms with Gasteiger partial charge >= 0.3 is 5.97 Å². The Kier molecular flexibility index (Phi) is 7.44. The van der Waals surface area contributed by atoms with Gasteiger partial charge in [0, 0.05) is 12.8 Å².